The van der Waals surface area contributed by atoms with Crippen LogP contribution in [0.1, 0.15) is 41.8 Å². The summed E-state index contributed by atoms with van der Waals surface area (Å²) in [5.41, 5.74) is 5.03. The molecule has 1 aliphatic heterocycles. The van der Waals surface area contributed by atoms with Crippen molar-refractivity contribution in [3.8, 4) is 0 Å². The molecule has 3 amide bonds. The molecule has 2 aliphatic carbocycles. The summed E-state index contributed by atoms with van der Waals surface area (Å²) in [6.45, 7) is 6.03. The minimum atomic E-state index is -0.229. The van der Waals surface area contributed by atoms with Crippen LogP contribution in [0.5, 0.6) is 0 Å². The van der Waals surface area contributed by atoms with Crippen LogP contribution in [0.4, 0.5) is 11.4 Å². The topological polar surface area (TPSA) is 66.5 Å². The molecule has 0 radical (unpaired) electrons. The van der Waals surface area contributed by atoms with E-state index in [0.29, 0.717) is 11.3 Å². The lowest BCUT2D eigenvalue weighted by Crippen LogP contribution is -2.32. The molecular formula is C27H26N2O3. The van der Waals surface area contributed by atoms with Gasteiger partial charge in [-0.1, -0.05) is 30.4 Å². The number of hydrogen-bond donors (Lipinski definition) is 1. The first-order chi connectivity index (χ1) is 15.4. The Morgan fingerprint density at radius 2 is 1.62 bits per heavy atom. The van der Waals surface area contributed by atoms with Crippen molar-refractivity contribution in [2.45, 2.75) is 27.2 Å². The first-order valence-corrected chi connectivity index (χ1v) is 11.1. The number of nitrogens with one attached hydrogen (secondary N) is 1. The Labute approximate surface area is 187 Å². The van der Waals surface area contributed by atoms with E-state index >= 15 is 0 Å². The molecule has 0 spiro atoms. The highest BCUT2D eigenvalue weighted by molar-refractivity contribution is 6.23. The van der Waals surface area contributed by atoms with Crippen molar-refractivity contribution in [3.63, 3.8) is 0 Å². The minimum absolute atomic E-state index is 0.110. The predicted molar refractivity (Wildman–Crippen MR) is 125 cm³/mol. The van der Waals surface area contributed by atoms with Crippen LogP contribution in [0.25, 0.3) is 5.57 Å². The maximum absolute atomic E-state index is 13.0. The monoisotopic (exact) mass is 426 g/mol. The van der Waals surface area contributed by atoms with Crippen LogP contribution in [-0.4, -0.2) is 17.7 Å². The molecule has 2 bridgehead atoms. The van der Waals surface area contributed by atoms with Crippen molar-refractivity contribution in [2.75, 3.05) is 10.2 Å². The standard InChI is InChI=1S/C27H26N2O3/c1-4-15(2)21-6-5-7-22(16(21)3)28-25(30)17-10-12-20(13-11-17)29-26(31)23-18-8-9-19(14-18)24(23)27(29)32/h4-13,18-19,23-24H,14H2,1-3H3,(H,28,30)/b15-4-. The Balaban J connectivity index is 1.34. The van der Waals surface area contributed by atoms with E-state index in [1.54, 1.807) is 24.3 Å². The zero-order valence-corrected chi connectivity index (χ0v) is 18.5. The summed E-state index contributed by atoms with van der Waals surface area (Å²) in [4.78, 5) is 40.1. The fourth-order valence-electron chi connectivity index (χ4n) is 5.47. The van der Waals surface area contributed by atoms with Gasteiger partial charge in [-0.25, -0.2) is 0 Å². The van der Waals surface area contributed by atoms with Gasteiger partial charge in [0.05, 0.1) is 17.5 Å². The van der Waals surface area contributed by atoms with Crippen LogP contribution in [0.15, 0.2) is 60.7 Å². The molecule has 4 unspecified atom stereocenters. The van der Waals surface area contributed by atoms with E-state index in [1.165, 1.54) is 4.90 Å². The number of benzene rings is 2. The molecule has 162 valence electrons. The van der Waals surface area contributed by atoms with Gasteiger partial charge in [0.25, 0.3) is 5.91 Å². The van der Waals surface area contributed by atoms with E-state index in [2.05, 4.69) is 17.5 Å². The first kappa shape index (κ1) is 20.4. The Morgan fingerprint density at radius 3 is 2.22 bits per heavy atom. The molecule has 2 aromatic rings. The zero-order chi connectivity index (χ0) is 22.6. The van der Waals surface area contributed by atoms with E-state index in [4.69, 9.17) is 0 Å². The van der Waals surface area contributed by atoms with Gasteiger partial charge in [-0.15, -0.1) is 0 Å². The number of rotatable bonds is 4. The third kappa shape index (κ3) is 3.03. The normalized spacial score (nSPS) is 26.1. The highest BCUT2D eigenvalue weighted by Gasteiger charge is 2.59. The quantitative estimate of drug-likeness (QED) is 0.554. The SMILES string of the molecule is C/C=C(/C)c1cccc(NC(=O)c2ccc(N3C(=O)C4C5C=CC(C5)C4C3=O)cc2)c1C. The number of carbonyl (C=O) groups is 3. The van der Waals surface area contributed by atoms with Crippen molar-refractivity contribution < 1.29 is 14.4 Å². The largest absolute Gasteiger partial charge is 0.322 e. The van der Waals surface area contributed by atoms with Gasteiger partial charge in [-0.2, -0.15) is 0 Å². The third-order valence-electron chi connectivity index (χ3n) is 7.30. The molecular weight excluding hydrogens is 400 g/mol. The second kappa shape index (κ2) is 7.59. The number of allylic oxidation sites excluding steroid dienone is 4. The van der Waals surface area contributed by atoms with Crippen LogP contribution >= 0.6 is 0 Å². The molecule has 1 saturated carbocycles. The number of nitrogens with zero attached hydrogens (tertiary/aromatic N) is 1. The van der Waals surface area contributed by atoms with Crippen LogP contribution < -0.4 is 10.2 Å². The first-order valence-electron chi connectivity index (χ1n) is 11.1. The molecule has 4 atom stereocenters. The van der Waals surface area contributed by atoms with E-state index < -0.39 is 0 Å². The molecule has 0 aromatic heterocycles. The molecule has 5 nitrogen and oxygen atoms in total. The van der Waals surface area contributed by atoms with Crippen LogP contribution in [0.2, 0.25) is 0 Å². The highest BCUT2D eigenvalue weighted by Crippen LogP contribution is 2.53. The maximum atomic E-state index is 13.0. The Morgan fingerprint density at radius 1 is 1.00 bits per heavy atom. The zero-order valence-electron chi connectivity index (χ0n) is 18.5. The summed E-state index contributed by atoms with van der Waals surface area (Å²) in [7, 11) is 0. The van der Waals surface area contributed by atoms with Crippen LogP contribution in [0, 0.1) is 30.6 Å². The number of anilines is 2. The van der Waals surface area contributed by atoms with Gasteiger partial charge in [0, 0.05) is 11.3 Å². The van der Waals surface area contributed by atoms with Crippen molar-refractivity contribution >= 4 is 34.7 Å². The van der Waals surface area contributed by atoms with E-state index in [1.807, 2.05) is 45.0 Å². The average Bonchev–Trinajstić information content (AvgIpc) is 3.48. The van der Waals surface area contributed by atoms with Crippen LogP contribution in [-0.2, 0) is 9.59 Å². The highest BCUT2D eigenvalue weighted by atomic mass is 16.2. The van der Waals surface area contributed by atoms with E-state index in [9.17, 15) is 14.4 Å². The molecule has 32 heavy (non-hydrogen) atoms. The van der Waals surface area contributed by atoms with Gasteiger partial charge < -0.3 is 5.32 Å². The molecule has 3 aliphatic rings. The third-order valence-corrected chi connectivity index (χ3v) is 7.30. The number of hydrogen-bond acceptors (Lipinski definition) is 3. The summed E-state index contributed by atoms with van der Waals surface area (Å²) in [5, 5.41) is 2.98. The molecule has 2 aromatic carbocycles. The second-order valence-corrected chi connectivity index (χ2v) is 8.96. The summed E-state index contributed by atoms with van der Waals surface area (Å²) in [6, 6.07) is 12.6. The number of fused-ring (bicyclic) bond motifs is 5. The van der Waals surface area contributed by atoms with Crippen LogP contribution in [0.3, 0.4) is 0 Å². The van der Waals surface area contributed by atoms with Gasteiger partial charge in [0.1, 0.15) is 0 Å². The predicted octanol–water partition coefficient (Wildman–Crippen LogP) is 4.98. The van der Waals surface area contributed by atoms with Crippen molar-refractivity contribution in [2.24, 2.45) is 23.7 Å². The van der Waals surface area contributed by atoms with Gasteiger partial charge >= 0.3 is 0 Å². The Hall–Kier alpha value is -3.47. The molecule has 1 saturated heterocycles. The van der Waals surface area contributed by atoms with E-state index in [0.717, 1.165) is 28.8 Å². The second-order valence-electron chi connectivity index (χ2n) is 8.96. The average molecular weight is 427 g/mol. The molecule has 1 N–H and O–H groups in total. The summed E-state index contributed by atoms with van der Waals surface area (Å²) in [6.07, 6.45) is 7.13. The number of amides is 3. The lowest BCUT2D eigenvalue weighted by atomic mass is 9.85. The summed E-state index contributed by atoms with van der Waals surface area (Å²) >= 11 is 0. The summed E-state index contributed by atoms with van der Waals surface area (Å²) in [5.74, 6) is -0.536. The van der Waals surface area contributed by atoms with Gasteiger partial charge in [0.15, 0.2) is 0 Å². The van der Waals surface area contributed by atoms with Crippen molar-refractivity contribution in [3.05, 3.63) is 77.4 Å². The number of carbonyl (C=O) groups excluding carboxylic acids is 3. The van der Waals surface area contributed by atoms with Gasteiger partial charge in [-0.05, 0) is 86.1 Å². The lowest BCUT2D eigenvalue weighted by Gasteiger charge is -2.18. The Kier molecular flexibility index (Phi) is 4.85. The molecule has 5 heteroatoms. The van der Waals surface area contributed by atoms with Gasteiger partial charge in [-0.3, -0.25) is 19.3 Å². The summed E-state index contributed by atoms with van der Waals surface area (Å²) < 4.78 is 0. The van der Waals surface area contributed by atoms with Crippen molar-refractivity contribution in [1.29, 1.82) is 0 Å². The molecule has 1 heterocycles. The Bertz CT molecular complexity index is 1160. The minimum Gasteiger partial charge on any atom is -0.322 e. The van der Waals surface area contributed by atoms with E-state index in [-0.39, 0.29) is 41.4 Å². The smallest absolute Gasteiger partial charge is 0.255 e. The number of imide groups is 1. The fourth-order valence-corrected chi connectivity index (χ4v) is 5.47. The fraction of sp³-hybridized carbons (Fsp3) is 0.296. The lowest BCUT2D eigenvalue weighted by molar-refractivity contribution is -0.123. The molecule has 5 rings (SSSR count). The van der Waals surface area contributed by atoms with Crippen molar-refractivity contribution in [1.82, 2.24) is 0 Å². The maximum Gasteiger partial charge on any atom is 0.255 e. The van der Waals surface area contributed by atoms with Gasteiger partial charge in [0.2, 0.25) is 11.8 Å². The molecule has 2 fully saturated rings.